The molecule has 0 radical (unpaired) electrons. The molecule has 2 N–H and O–H groups in total. The van der Waals surface area contributed by atoms with Crippen molar-refractivity contribution in [2.75, 3.05) is 0 Å². The zero-order chi connectivity index (χ0) is 22.3. The topological polar surface area (TPSA) is 57.5 Å². The molecule has 0 saturated heterocycles. The van der Waals surface area contributed by atoms with Gasteiger partial charge in [-0.25, -0.2) is 0 Å². The highest BCUT2D eigenvalue weighted by Gasteiger charge is 2.61. The first-order valence-corrected chi connectivity index (χ1v) is 9.38. The Labute approximate surface area is 161 Å². The third-order valence-electron chi connectivity index (χ3n) is 6.66. The molecule has 0 spiro atoms. The molecule has 0 aromatic carbocycles. The lowest BCUT2D eigenvalue weighted by molar-refractivity contribution is -0.297. The number of rotatable bonds is 6. The summed E-state index contributed by atoms with van der Waals surface area (Å²) in [6.07, 6.45) is -10.9. The number of alkyl halides is 6. The molecule has 0 heterocycles. The summed E-state index contributed by atoms with van der Waals surface area (Å²) >= 11 is 0. The zero-order valence-corrected chi connectivity index (χ0v) is 16.8. The number of Topliss-reactive ketones (excluding diaryl/α,β-unsaturated/α-hetero) is 1. The third-order valence-corrected chi connectivity index (χ3v) is 6.66. The van der Waals surface area contributed by atoms with E-state index in [1.54, 1.807) is 20.8 Å². The quantitative estimate of drug-likeness (QED) is 0.592. The van der Waals surface area contributed by atoms with Crippen molar-refractivity contribution in [1.29, 1.82) is 0 Å². The van der Waals surface area contributed by atoms with Gasteiger partial charge in [0.05, 0.1) is 0 Å². The first kappa shape index (κ1) is 25.2. The van der Waals surface area contributed by atoms with Crippen LogP contribution in [0, 0.1) is 23.2 Å². The van der Waals surface area contributed by atoms with E-state index < -0.39 is 53.1 Å². The molecule has 0 aromatic heterocycles. The van der Waals surface area contributed by atoms with E-state index in [1.807, 2.05) is 0 Å². The fraction of sp³-hybridized carbons (Fsp3) is 0.947. The summed E-state index contributed by atoms with van der Waals surface area (Å²) < 4.78 is 79.8. The van der Waals surface area contributed by atoms with Crippen molar-refractivity contribution in [1.82, 2.24) is 0 Å². The maximum atomic E-state index is 13.3. The van der Waals surface area contributed by atoms with E-state index in [2.05, 4.69) is 0 Å². The second-order valence-corrected chi connectivity index (χ2v) is 9.12. The van der Waals surface area contributed by atoms with Crippen LogP contribution in [0.25, 0.3) is 0 Å². The van der Waals surface area contributed by atoms with Crippen molar-refractivity contribution < 1.29 is 41.4 Å². The molecule has 1 aliphatic carbocycles. The van der Waals surface area contributed by atoms with Gasteiger partial charge < -0.3 is 10.2 Å². The zero-order valence-electron chi connectivity index (χ0n) is 16.8. The van der Waals surface area contributed by atoms with Gasteiger partial charge in [-0.2, -0.15) is 26.3 Å². The van der Waals surface area contributed by atoms with Crippen molar-refractivity contribution in [3.8, 4) is 0 Å². The molecule has 4 unspecified atom stereocenters. The highest BCUT2D eigenvalue weighted by Crippen LogP contribution is 2.51. The Hall–Kier alpha value is -0.830. The van der Waals surface area contributed by atoms with E-state index in [-0.39, 0.29) is 25.0 Å². The van der Waals surface area contributed by atoms with Crippen molar-refractivity contribution >= 4 is 5.78 Å². The second kappa shape index (κ2) is 7.78. The molecule has 4 atom stereocenters. The molecule has 1 rings (SSSR count). The third kappa shape index (κ3) is 5.01. The number of carbonyl (C=O) groups is 1. The number of hydrogen-bond donors (Lipinski definition) is 2. The molecule has 28 heavy (non-hydrogen) atoms. The van der Waals surface area contributed by atoms with E-state index in [0.29, 0.717) is 20.3 Å². The first-order chi connectivity index (χ1) is 12.3. The minimum absolute atomic E-state index is 0.185. The lowest BCUT2D eigenvalue weighted by atomic mass is 9.63. The summed E-state index contributed by atoms with van der Waals surface area (Å²) in [5.41, 5.74) is -7.18. The average molecular weight is 420 g/mol. The summed E-state index contributed by atoms with van der Waals surface area (Å²) in [6.45, 7) is 6.19. The van der Waals surface area contributed by atoms with Crippen LogP contribution in [-0.2, 0) is 4.79 Å². The van der Waals surface area contributed by atoms with Gasteiger partial charge in [-0.05, 0) is 57.3 Å². The van der Waals surface area contributed by atoms with Crippen LogP contribution in [0.4, 0.5) is 26.3 Å². The molecule has 1 aliphatic rings. The molecule has 166 valence electrons. The summed E-state index contributed by atoms with van der Waals surface area (Å²) in [4.78, 5) is 12.5. The Morgan fingerprint density at radius 2 is 1.18 bits per heavy atom. The van der Waals surface area contributed by atoms with Crippen LogP contribution in [0.15, 0.2) is 0 Å². The Morgan fingerprint density at radius 3 is 1.46 bits per heavy atom. The minimum atomic E-state index is -5.04. The van der Waals surface area contributed by atoms with Gasteiger partial charge >= 0.3 is 12.4 Å². The maximum Gasteiger partial charge on any atom is 0.417 e. The van der Waals surface area contributed by atoms with Gasteiger partial charge in [0.2, 0.25) is 0 Å². The number of aliphatic hydroxyl groups is 2. The smallest absolute Gasteiger partial charge is 0.380 e. The van der Waals surface area contributed by atoms with Crippen LogP contribution in [0.1, 0.15) is 66.7 Å². The number of carbonyl (C=O) groups excluding carboxylic acids is 1. The van der Waals surface area contributed by atoms with E-state index in [0.717, 1.165) is 0 Å². The molecular weight excluding hydrogens is 390 g/mol. The Kier molecular flexibility index (Phi) is 7.00. The summed E-state index contributed by atoms with van der Waals surface area (Å²) in [7, 11) is 0. The van der Waals surface area contributed by atoms with Crippen molar-refractivity contribution in [2.24, 2.45) is 23.2 Å². The van der Waals surface area contributed by atoms with Gasteiger partial charge in [0.25, 0.3) is 0 Å². The summed E-state index contributed by atoms with van der Waals surface area (Å²) in [5, 5.41) is 20.1. The lowest BCUT2D eigenvalue weighted by Gasteiger charge is -2.47. The fourth-order valence-electron chi connectivity index (χ4n) is 3.72. The van der Waals surface area contributed by atoms with Gasteiger partial charge in [-0.1, -0.05) is 20.8 Å². The van der Waals surface area contributed by atoms with E-state index in [9.17, 15) is 41.4 Å². The molecule has 1 fully saturated rings. The molecular formula is C19H30F6O3. The Morgan fingerprint density at radius 1 is 0.821 bits per heavy atom. The SMILES string of the molecule is CCC(C)(C)C(=O)CC1CC(C(C)(O)C(F)(F)F)CC(C(C)(O)C(F)(F)F)C1. The van der Waals surface area contributed by atoms with Crippen LogP contribution in [-0.4, -0.2) is 39.6 Å². The molecule has 9 heteroatoms. The number of ketones is 1. The monoisotopic (exact) mass is 420 g/mol. The Bertz CT molecular complexity index is 529. The summed E-state index contributed by atoms with van der Waals surface area (Å²) in [6, 6.07) is 0. The molecule has 3 nitrogen and oxygen atoms in total. The maximum absolute atomic E-state index is 13.3. The van der Waals surface area contributed by atoms with Crippen molar-refractivity contribution in [3.63, 3.8) is 0 Å². The highest BCUT2D eigenvalue weighted by atomic mass is 19.4. The first-order valence-electron chi connectivity index (χ1n) is 9.38. The van der Waals surface area contributed by atoms with Gasteiger partial charge in [-0.15, -0.1) is 0 Å². The highest BCUT2D eigenvalue weighted by molar-refractivity contribution is 5.84. The molecule has 0 aromatic rings. The molecule has 0 bridgehead atoms. The van der Waals surface area contributed by atoms with Gasteiger partial charge in [0.1, 0.15) is 5.78 Å². The number of hydrogen-bond acceptors (Lipinski definition) is 3. The van der Waals surface area contributed by atoms with Gasteiger partial charge in [0, 0.05) is 11.8 Å². The van der Waals surface area contributed by atoms with E-state index in [1.165, 1.54) is 0 Å². The molecule has 0 amide bonds. The van der Waals surface area contributed by atoms with Crippen LogP contribution in [0.3, 0.4) is 0 Å². The fourth-order valence-corrected chi connectivity index (χ4v) is 3.72. The second-order valence-electron chi connectivity index (χ2n) is 9.12. The molecule has 0 aliphatic heterocycles. The van der Waals surface area contributed by atoms with Crippen LogP contribution < -0.4 is 0 Å². The van der Waals surface area contributed by atoms with E-state index >= 15 is 0 Å². The van der Waals surface area contributed by atoms with Crippen molar-refractivity contribution in [3.05, 3.63) is 0 Å². The van der Waals surface area contributed by atoms with Gasteiger partial charge in [0.15, 0.2) is 11.2 Å². The number of halogens is 6. The predicted octanol–water partition coefficient (Wildman–Crippen LogP) is 5.04. The lowest BCUT2D eigenvalue weighted by Crippen LogP contribution is -2.56. The Balaban J connectivity index is 3.23. The van der Waals surface area contributed by atoms with Crippen molar-refractivity contribution in [2.45, 2.75) is 90.3 Å². The largest absolute Gasteiger partial charge is 0.417 e. The standard InChI is InChI=1S/C19H30F6O3/c1-6-15(2,3)14(26)9-11-7-12(16(4,27)18(20,21)22)10-13(8-11)17(5,28)19(23,24)25/h11-13,27-28H,6-10H2,1-5H3. The normalized spacial score (nSPS) is 29.1. The molecule has 1 saturated carbocycles. The van der Waals surface area contributed by atoms with Crippen LogP contribution in [0.2, 0.25) is 0 Å². The van der Waals surface area contributed by atoms with Crippen LogP contribution >= 0.6 is 0 Å². The van der Waals surface area contributed by atoms with Crippen LogP contribution in [0.5, 0.6) is 0 Å². The average Bonchev–Trinajstić information content (AvgIpc) is 2.52. The minimum Gasteiger partial charge on any atom is -0.380 e. The van der Waals surface area contributed by atoms with Gasteiger partial charge in [-0.3, -0.25) is 4.79 Å². The predicted molar refractivity (Wildman–Crippen MR) is 91.4 cm³/mol. The van der Waals surface area contributed by atoms with E-state index in [4.69, 9.17) is 0 Å². The summed E-state index contributed by atoms with van der Waals surface area (Å²) in [5.74, 6) is -4.15.